The van der Waals surface area contributed by atoms with E-state index in [1.807, 2.05) is 32.9 Å². The van der Waals surface area contributed by atoms with Crippen molar-refractivity contribution in [1.29, 1.82) is 0 Å². The molecular weight excluding hydrogens is 230 g/mol. The minimum atomic E-state index is -0.958. The van der Waals surface area contributed by atoms with Gasteiger partial charge in [0.15, 0.2) is 5.78 Å². The van der Waals surface area contributed by atoms with E-state index in [1.165, 1.54) is 6.92 Å². The zero-order valence-electron chi connectivity index (χ0n) is 11.2. The quantitative estimate of drug-likeness (QED) is 0.782. The van der Waals surface area contributed by atoms with Gasteiger partial charge in [0.2, 0.25) is 0 Å². The molecule has 0 saturated carbocycles. The average Bonchev–Trinajstić information content (AvgIpc) is 2.24. The summed E-state index contributed by atoms with van der Waals surface area (Å²) >= 11 is 0. The molecule has 0 fully saturated rings. The first-order valence-corrected chi connectivity index (χ1v) is 5.90. The molecular formula is C14H19NO3. The van der Waals surface area contributed by atoms with Crippen LogP contribution in [0.3, 0.4) is 0 Å². The Balaban J connectivity index is 2.82. The Hall–Kier alpha value is -1.68. The van der Waals surface area contributed by atoms with E-state index in [0.717, 1.165) is 16.7 Å². The van der Waals surface area contributed by atoms with E-state index in [2.05, 4.69) is 5.32 Å². The summed E-state index contributed by atoms with van der Waals surface area (Å²) in [6, 6.07) is 3.20. The van der Waals surface area contributed by atoms with Crippen molar-refractivity contribution in [2.24, 2.45) is 0 Å². The molecule has 0 radical (unpaired) electrons. The zero-order chi connectivity index (χ0) is 13.9. The largest absolute Gasteiger partial charge is 0.480 e. The highest BCUT2D eigenvalue weighted by Crippen LogP contribution is 2.16. The Kier molecular flexibility index (Phi) is 4.62. The van der Waals surface area contributed by atoms with Gasteiger partial charge >= 0.3 is 5.97 Å². The van der Waals surface area contributed by atoms with Gasteiger partial charge in [0.25, 0.3) is 0 Å². The van der Waals surface area contributed by atoms with E-state index < -0.39 is 12.0 Å². The maximum Gasteiger partial charge on any atom is 0.320 e. The second-order valence-corrected chi connectivity index (χ2v) is 4.64. The monoisotopic (exact) mass is 249 g/mol. The molecule has 18 heavy (non-hydrogen) atoms. The standard InChI is InChI=1S/C14H19NO3/c1-8-5-9(2)13(10(3)6-8)12(16)7-15-11(4)14(17)18/h5-6,11,15H,7H2,1-4H3,(H,17,18). The molecule has 0 heterocycles. The molecule has 0 aliphatic carbocycles. The first kappa shape index (κ1) is 14.4. The molecule has 0 aliphatic heterocycles. The first-order valence-electron chi connectivity index (χ1n) is 5.90. The summed E-state index contributed by atoms with van der Waals surface area (Å²) in [4.78, 5) is 22.7. The lowest BCUT2D eigenvalue weighted by Crippen LogP contribution is -2.37. The molecule has 2 N–H and O–H groups in total. The van der Waals surface area contributed by atoms with Gasteiger partial charge in [-0.2, -0.15) is 0 Å². The lowest BCUT2D eigenvalue weighted by Gasteiger charge is -2.12. The molecule has 1 atom stereocenters. The molecule has 98 valence electrons. The second-order valence-electron chi connectivity index (χ2n) is 4.64. The van der Waals surface area contributed by atoms with Crippen molar-refractivity contribution in [1.82, 2.24) is 5.32 Å². The number of hydrogen-bond donors (Lipinski definition) is 2. The van der Waals surface area contributed by atoms with Crippen LogP contribution in [0.15, 0.2) is 12.1 Å². The van der Waals surface area contributed by atoms with Gasteiger partial charge in [-0.25, -0.2) is 0 Å². The highest BCUT2D eigenvalue weighted by atomic mass is 16.4. The predicted octanol–water partition coefficient (Wildman–Crippen LogP) is 1.86. The van der Waals surface area contributed by atoms with E-state index in [-0.39, 0.29) is 12.3 Å². The van der Waals surface area contributed by atoms with Crippen molar-refractivity contribution in [2.45, 2.75) is 33.7 Å². The zero-order valence-corrected chi connectivity index (χ0v) is 11.2. The average molecular weight is 249 g/mol. The fourth-order valence-electron chi connectivity index (χ4n) is 2.04. The molecule has 4 heteroatoms. The van der Waals surface area contributed by atoms with Gasteiger partial charge in [0, 0.05) is 5.56 Å². The number of hydrogen-bond acceptors (Lipinski definition) is 3. The lowest BCUT2D eigenvalue weighted by atomic mass is 9.96. The third kappa shape index (κ3) is 3.40. The van der Waals surface area contributed by atoms with E-state index in [0.29, 0.717) is 5.56 Å². The van der Waals surface area contributed by atoms with E-state index in [1.54, 1.807) is 0 Å². The molecule has 0 spiro atoms. The number of carboxylic acid groups (broad SMARTS) is 1. The molecule has 4 nitrogen and oxygen atoms in total. The smallest absolute Gasteiger partial charge is 0.320 e. The normalized spacial score (nSPS) is 12.2. The van der Waals surface area contributed by atoms with Crippen LogP contribution in [0.1, 0.15) is 34.0 Å². The van der Waals surface area contributed by atoms with Crippen molar-refractivity contribution in [3.8, 4) is 0 Å². The number of carbonyl (C=O) groups excluding carboxylic acids is 1. The number of carbonyl (C=O) groups is 2. The SMILES string of the molecule is Cc1cc(C)c(C(=O)CNC(C)C(=O)O)c(C)c1. The summed E-state index contributed by atoms with van der Waals surface area (Å²) in [7, 11) is 0. The highest BCUT2D eigenvalue weighted by Gasteiger charge is 2.16. The molecule has 0 amide bonds. The Morgan fingerprint density at radius 2 is 1.72 bits per heavy atom. The van der Waals surface area contributed by atoms with Crippen LogP contribution in [0.25, 0.3) is 0 Å². The van der Waals surface area contributed by atoms with Gasteiger partial charge in [0.1, 0.15) is 6.04 Å². The van der Waals surface area contributed by atoms with Gasteiger partial charge in [-0.3, -0.25) is 14.9 Å². The molecule has 1 unspecified atom stereocenters. The van der Waals surface area contributed by atoms with Crippen LogP contribution in [0.5, 0.6) is 0 Å². The number of aryl methyl sites for hydroxylation is 3. The molecule has 0 saturated heterocycles. The van der Waals surface area contributed by atoms with Gasteiger partial charge in [-0.1, -0.05) is 17.7 Å². The molecule has 0 aromatic heterocycles. The van der Waals surface area contributed by atoms with Crippen LogP contribution in [0, 0.1) is 20.8 Å². The fraction of sp³-hybridized carbons (Fsp3) is 0.429. The van der Waals surface area contributed by atoms with Crippen LogP contribution in [-0.4, -0.2) is 29.4 Å². The maximum absolute atomic E-state index is 12.1. The predicted molar refractivity (Wildman–Crippen MR) is 70.1 cm³/mol. The molecule has 1 aromatic rings. The Morgan fingerprint density at radius 3 is 2.17 bits per heavy atom. The summed E-state index contributed by atoms with van der Waals surface area (Å²) < 4.78 is 0. The van der Waals surface area contributed by atoms with Gasteiger partial charge in [-0.15, -0.1) is 0 Å². The minimum Gasteiger partial charge on any atom is -0.480 e. The Morgan fingerprint density at radius 1 is 1.22 bits per heavy atom. The van der Waals surface area contributed by atoms with Crippen LogP contribution in [-0.2, 0) is 4.79 Å². The number of aliphatic carboxylic acids is 1. The van der Waals surface area contributed by atoms with Crippen LogP contribution >= 0.6 is 0 Å². The van der Waals surface area contributed by atoms with E-state index in [4.69, 9.17) is 5.11 Å². The Labute approximate surface area is 107 Å². The summed E-state index contributed by atoms with van der Waals surface area (Å²) in [5.74, 6) is -1.03. The summed E-state index contributed by atoms with van der Waals surface area (Å²) in [5, 5.41) is 11.4. The minimum absolute atomic E-state index is 0.0399. The van der Waals surface area contributed by atoms with Gasteiger partial charge in [0.05, 0.1) is 6.54 Å². The molecule has 0 aliphatic rings. The first-order chi connectivity index (χ1) is 8.32. The summed E-state index contributed by atoms with van der Waals surface area (Å²) in [5.41, 5.74) is 3.67. The van der Waals surface area contributed by atoms with Gasteiger partial charge in [-0.05, 0) is 38.8 Å². The van der Waals surface area contributed by atoms with Crippen molar-refractivity contribution >= 4 is 11.8 Å². The van der Waals surface area contributed by atoms with Crippen molar-refractivity contribution in [3.05, 3.63) is 34.4 Å². The topological polar surface area (TPSA) is 66.4 Å². The van der Waals surface area contributed by atoms with E-state index in [9.17, 15) is 9.59 Å². The van der Waals surface area contributed by atoms with Crippen molar-refractivity contribution in [2.75, 3.05) is 6.54 Å². The van der Waals surface area contributed by atoms with E-state index >= 15 is 0 Å². The Bertz CT molecular complexity index is 457. The number of ketones is 1. The van der Waals surface area contributed by atoms with Crippen LogP contribution in [0.2, 0.25) is 0 Å². The van der Waals surface area contributed by atoms with Crippen molar-refractivity contribution in [3.63, 3.8) is 0 Å². The number of Topliss-reactive ketones (excluding diaryl/α,β-unsaturated/α-hetero) is 1. The summed E-state index contributed by atoms with van der Waals surface area (Å²) in [6.45, 7) is 7.34. The third-order valence-electron chi connectivity index (χ3n) is 2.90. The lowest BCUT2D eigenvalue weighted by molar-refractivity contribution is -0.138. The van der Waals surface area contributed by atoms with Crippen molar-refractivity contribution < 1.29 is 14.7 Å². The second kappa shape index (κ2) is 5.78. The highest BCUT2D eigenvalue weighted by molar-refractivity contribution is 6.00. The van der Waals surface area contributed by atoms with Gasteiger partial charge < -0.3 is 5.11 Å². The molecule has 1 rings (SSSR count). The van der Waals surface area contributed by atoms with Crippen LogP contribution < -0.4 is 5.32 Å². The number of benzene rings is 1. The maximum atomic E-state index is 12.1. The third-order valence-corrected chi connectivity index (χ3v) is 2.90. The number of carboxylic acids is 1. The molecule has 1 aromatic carbocycles. The summed E-state index contributed by atoms with van der Waals surface area (Å²) in [6.07, 6.45) is 0. The van der Waals surface area contributed by atoms with Crippen LogP contribution in [0.4, 0.5) is 0 Å². The fourth-order valence-corrected chi connectivity index (χ4v) is 2.04. The number of rotatable bonds is 5. The number of nitrogens with one attached hydrogen (secondary N) is 1. The molecule has 0 bridgehead atoms.